The van der Waals surface area contributed by atoms with Crippen LogP contribution in [-0.4, -0.2) is 44.2 Å². The summed E-state index contributed by atoms with van der Waals surface area (Å²) in [5, 5.41) is 2.19. The smallest absolute Gasteiger partial charge is 0.246 e. The SMILES string of the molecule is COc1ccc2cc(/C=C\C(=O)N(C)C[C@H]3COc4ccccc4O3)ccc2c1. The van der Waals surface area contributed by atoms with E-state index in [1.807, 2.05) is 66.7 Å². The van der Waals surface area contributed by atoms with Gasteiger partial charge in [0.15, 0.2) is 17.6 Å². The highest BCUT2D eigenvalue weighted by Crippen LogP contribution is 2.31. The predicted octanol–water partition coefficient (Wildman–Crippen LogP) is 4.16. The van der Waals surface area contributed by atoms with E-state index in [1.165, 1.54) is 0 Å². The zero-order valence-electron chi connectivity index (χ0n) is 16.5. The van der Waals surface area contributed by atoms with Crippen LogP contribution in [0.3, 0.4) is 0 Å². The fraction of sp³-hybridized carbons (Fsp3) is 0.208. The lowest BCUT2D eigenvalue weighted by molar-refractivity contribution is -0.126. The summed E-state index contributed by atoms with van der Waals surface area (Å²) in [5.74, 6) is 2.20. The molecule has 0 spiro atoms. The third-order valence-corrected chi connectivity index (χ3v) is 4.91. The Balaban J connectivity index is 1.38. The van der Waals surface area contributed by atoms with E-state index >= 15 is 0 Å². The Morgan fingerprint density at radius 1 is 1.10 bits per heavy atom. The summed E-state index contributed by atoms with van der Waals surface area (Å²) in [6, 6.07) is 19.6. The fourth-order valence-corrected chi connectivity index (χ4v) is 3.32. The number of carbonyl (C=O) groups excluding carboxylic acids is 1. The Morgan fingerprint density at radius 2 is 1.86 bits per heavy atom. The first-order valence-corrected chi connectivity index (χ1v) is 9.52. The molecule has 1 aliphatic heterocycles. The van der Waals surface area contributed by atoms with E-state index in [1.54, 1.807) is 25.1 Å². The molecule has 0 aliphatic carbocycles. The first-order chi connectivity index (χ1) is 14.1. The van der Waals surface area contributed by atoms with Gasteiger partial charge in [0.1, 0.15) is 12.4 Å². The standard InChI is InChI=1S/C24H23NO4/c1-25(15-21-16-28-22-5-3-4-6-23(22)29-21)24(26)12-8-17-7-9-19-14-20(27-2)11-10-18(19)13-17/h3-14,21H,15-16H2,1-2H3/b12-8-/t21-/m0/s1. The summed E-state index contributed by atoms with van der Waals surface area (Å²) < 4.78 is 16.9. The molecule has 3 aromatic rings. The number of fused-ring (bicyclic) bond motifs is 2. The molecular formula is C24H23NO4. The molecular weight excluding hydrogens is 366 g/mol. The van der Waals surface area contributed by atoms with E-state index < -0.39 is 0 Å². The lowest BCUT2D eigenvalue weighted by Gasteiger charge is -2.29. The van der Waals surface area contributed by atoms with E-state index in [0.29, 0.717) is 18.9 Å². The normalized spacial score (nSPS) is 15.4. The minimum atomic E-state index is -0.192. The first kappa shape index (κ1) is 18.9. The van der Waals surface area contributed by atoms with Crippen LogP contribution in [0.15, 0.2) is 66.7 Å². The van der Waals surface area contributed by atoms with Gasteiger partial charge in [0, 0.05) is 13.1 Å². The van der Waals surface area contributed by atoms with Crippen molar-refractivity contribution in [1.29, 1.82) is 0 Å². The number of rotatable bonds is 5. The molecule has 4 rings (SSSR count). The lowest BCUT2D eigenvalue weighted by Crippen LogP contribution is -2.41. The van der Waals surface area contributed by atoms with Crippen LogP contribution in [0.2, 0.25) is 0 Å². The van der Waals surface area contributed by atoms with Gasteiger partial charge in [-0.3, -0.25) is 4.79 Å². The van der Waals surface area contributed by atoms with Gasteiger partial charge in [-0.15, -0.1) is 0 Å². The van der Waals surface area contributed by atoms with Gasteiger partial charge < -0.3 is 19.1 Å². The van der Waals surface area contributed by atoms with Crippen molar-refractivity contribution in [2.45, 2.75) is 6.10 Å². The van der Waals surface area contributed by atoms with Crippen molar-refractivity contribution < 1.29 is 19.0 Å². The molecule has 0 fully saturated rings. The monoisotopic (exact) mass is 389 g/mol. The summed E-state index contributed by atoms with van der Waals surface area (Å²) >= 11 is 0. The van der Waals surface area contributed by atoms with Crippen LogP contribution in [0.25, 0.3) is 16.8 Å². The van der Waals surface area contributed by atoms with Crippen molar-refractivity contribution >= 4 is 22.8 Å². The second-order valence-corrected chi connectivity index (χ2v) is 7.02. The van der Waals surface area contributed by atoms with Crippen LogP contribution in [0.4, 0.5) is 0 Å². The van der Waals surface area contributed by atoms with E-state index in [-0.39, 0.29) is 12.0 Å². The number of carbonyl (C=O) groups is 1. The maximum atomic E-state index is 12.5. The summed E-state index contributed by atoms with van der Waals surface area (Å²) in [5.41, 5.74) is 0.968. The number of para-hydroxylation sites is 2. The molecule has 3 aromatic carbocycles. The Bertz CT molecular complexity index is 1060. The lowest BCUT2D eigenvalue weighted by atomic mass is 10.1. The van der Waals surface area contributed by atoms with Crippen LogP contribution in [0, 0.1) is 0 Å². The molecule has 5 nitrogen and oxygen atoms in total. The van der Waals surface area contributed by atoms with E-state index in [2.05, 4.69) is 0 Å². The summed E-state index contributed by atoms with van der Waals surface area (Å²) in [6.45, 7) is 0.876. The average Bonchev–Trinajstić information content (AvgIpc) is 2.76. The highest BCUT2D eigenvalue weighted by Gasteiger charge is 2.23. The van der Waals surface area contributed by atoms with Crippen LogP contribution < -0.4 is 14.2 Å². The number of benzene rings is 3. The van der Waals surface area contributed by atoms with Gasteiger partial charge >= 0.3 is 0 Å². The molecule has 1 amide bonds. The summed E-state index contributed by atoms with van der Waals surface area (Å²) in [7, 11) is 3.42. The van der Waals surface area contributed by atoms with Crippen molar-refractivity contribution in [1.82, 2.24) is 4.90 Å². The zero-order valence-corrected chi connectivity index (χ0v) is 16.5. The molecule has 5 heteroatoms. The number of nitrogens with zero attached hydrogens (tertiary/aromatic N) is 1. The minimum absolute atomic E-state index is 0.0812. The predicted molar refractivity (Wildman–Crippen MR) is 114 cm³/mol. The Kier molecular flexibility index (Phi) is 5.38. The Morgan fingerprint density at radius 3 is 2.69 bits per heavy atom. The molecule has 0 saturated carbocycles. The second kappa shape index (κ2) is 8.27. The van der Waals surface area contributed by atoms with Crippen LogP contribution >= 0.6 is 0 Å². The number of likely N-dealkylation sites (N-methyl/N-ethyl adjacent to an activating group) is 1. The molecule has 1 heterocycles. The Hall–Kier alpha value is -3.47. The fourth-order valence-electron chi connectivity index (χ4n) is 3.32. The van der Waals surface area contributed by atoms with Crippen LogP contribution in [-0.2, 0) is 4.79 Å². The maximum Gasteiger partial charge on any atom is 0.246 e. The van der Waals surface area contributed by atoms with Gasteiger partial charge in [-0.05, 0) is 52.7 Å². The zero-order chi connectivity index (χ0) is 20.2. The van der Waals surface area contributed by atoms with Gasteiger partial charge in [-0.1, -0.05) is 30.3 Å². The van der Waals surface area contributed by atoms with E-state index in [9.17, 15) is 4.79 Å². The molecule has 1 aliphatic rings. The Labute approximate surface area is 170 Å². The quantitative estimate of drug-likeness (QED) is 0.615. The molecule has 0 saturated heterocycles. The highest BCUT2D eigenvalue weighted by atomic mass is 16.6. The van der Waals surface area contributed by atoms with E-state index in [4.69, 9.17) is 14.2 Å². The average molecular weight is 389 g/mol. The van der Waals surface area contributed by atoms with E-state index in [0.717, 1.165) is 27.8 Å². The molecule has 1 atom stereocenters. The molecule has 0 N–H and O–H groups in total. The summed E-state index contributed by atoms with van der Waals surface area (Å²) in [4.78, 5) is 14.2. The van der Waals surface area contributed by atoms with Gasteiger partial charge in [0.25, 0.3) is 0 Å². The topological polar surface area (TPSA) is 48.0 Å². The van der Waals surface area contributed by atoms with Crippen LogP contribution in [0.1, 0.15) is 5.56 Å². The molecule has 0 unspecified atom stereocenters. The van der Waals surface area contributed by atoms with Gasteiger partial charge in [-0.25, -0.2) is 0 Å². The van der Waals surface area contributed by atoms with Crippen molar-refractivity contribution in [3.63, 3.8) is 0 Å². The second-order valence-electron chi connectivity index (χ2n) is 7.02. The van der Waals surface area contributed by atoms with Crippen molar-refractivity contribution in [3.8, 4) is 17.2 Å². The van der Waals surface area contributed by atoms with Crippen molar-refractivity contribution in [3.05, 3.63) is 72.3 Å². The number of methoxy groups -OCH3 is 1. The largest absolute Gasteiger partial charge is 0.497 e. The number of amides is 1. The van der Waals surface area contributed by atoms with Crippen molar-refractivity contribution in [2.24, 2.45) is 0 Å². The van der Waals surface area contributed by atoms with Gasteiger partial charge in [0.2, 0.25) is 5.91 Å². The number of hydrogen-bond acceptors (Lipinski definition) is 4. The third kappa shape index (κ3) is 4.35. The third-order valence-electron chi connectivity index (χ3n) is 4.91. The van der Waals surface area contributed by atoms with Gasteiger partial charge in [-0.2, -0.15) is 0 Å². The first-order valence-electron chi connectivity index (χ1n) is 9.52. The van der Waals surface area contributed by atoms with Crippen LogP contribution in [0.5, 0.6) is 17.2 Å². The van der Waals surface area contributed by atoms with Gasteiger partial charge in [0.05, 0.1) is 13.7 Å². The minimum Gasteiger partial charge on any atom is -0.497 e. The molecule has 148 valence electrons. The summed E-state index contributed by atoms with van der Waals surface area (Å²) in [6.07, 6.45) is 3.22. The number of hydrogen-bond donors (Lipinski definition) is 0. The molecule has 0 aromatic heterocycles. The highest BCUT2D eigenvalue weighted by molar-refractivity contribution is 5.93. The molecule has 29 heavy (non-hydrogen) atoms. The number of ether oxygens (including phenoxy) is 3. The molecule has 0 bridgehead atoms. The van der Waals surface area contributed by atoms with Crippen molar-refractivity contribution in [2.75, 3.05) is 27.3 Å². The maximum absolute atomic E-state index is 12.5. The molecule has 0 radical (unpaired) electrons.